The van der Waals surface area contributed by atoms with Gasteiger partial charge in [-0.05, 0) is 38.3 Å². The highest BCUT2D eigenvalue weighted by Crippen LogP contribution is 2.48. The van der Waals surface area contributed by atoms with Crippen LogP contribution in [0, 0.1) is 5.41 Å². The van der Waals surface area contributed by atoms with Crippen molar-refractivity contribution < 1.29 is 13.2 Å². The Morgan fingerprint density at radius 1 is 1.36 bits per heavy atom. The van der Waals surface area contributed by atoms with Gasteiger partial charge in [-0.25, -0.2) is 0 Å². The summed E-state index contributed by atoms with van der Waals surface area (Å²) in [6, 6.07) is 0. The molecule has 0 aliphatic heterocycles. The van der Waals surface area contributed by atoms with Crippen molar-refractivity contribution in [3.8, 4) is 0 Å². The van der Waals surface area contributed by atoms with Crippen molar-refractivity contribution in [3.63, 3.8) is 0 Å². The molecule has 0 unspecified atom stereocenters. The van der Waals surface area contributed by atoms with Gasteiger partial charge in [0.15, 0.2) is 0 Å². The Morgan fingerprint density at radius 2 is 1.93 bits per heavy atom. The third-order valence-electron chi connectivity index (χ3n) is 2.69. The molecule has 0 heterocycles. The van der Waals surface area contributed by atoms with E-state index in [1.807, 2.05) is 0 Å². The predicted octanol–water partition coefficient (Wildman–Crippen LogP) is 1.61. The molecule has 0 aromatic heterocycles. The lowest BCUT2D eigenvalue weighted by atomic mass is 10.0. The highest BCUT2D eigenvalue weighted by molar-refractivity contribution is 4.95. The first kappa shape index (κ1) is 11.8. The van der Waals surface area contributed by atoms with E-state index in [1.165, 1.54) is 11.9 Å². The quantitative estimate of drug-likeness (QED) is 0.747. The normalized spacial score (nSPS) is 20.1. The highest BCUT2D eigenvalue weighted by Gasteiger charge is 2.43. The van der Waals surface area contributed by atoms with Crippen LogP contribution in [0.3, 0.4) is 0 Å². The molecule has 0 aromatic rings. The van der Waals surface area contributed by atoms with Gasteiger partial charge in [0, 0.05) is 6.54 Å². The van der Waals surface area contributed by atoms with Gasteiger partial charge in [-0.15, -0.1) is 0 Å². The van der Waals surface area contributed by atoms with Crippen molar-refractivity contribution >= 4 is 0 Å². The highest BCUT2D eigenvalue weighted by atomic mass is 19.4. The molecule has 1 saturated carbocycles. The van der Waals surface area contributed by atoms with Gasteiger partial charge < -0.3 is 5.73 Å². The zero-order chi connectivity index (χ0) is 10.8. The van der Waals surface area contributed by atoms with Crippen LogP contribution in [-0.4, -0.2) is 37.8 Å². The lowest BCUT2D eigenvalue weighted by Crippen LogP contribution is -2.35. The van der Waals surface area contributed by atoms with Crippen molar-refractivity contribution in [2.45, 2.75) is 25.4 Å². The molecule has 0 saturated heterocycles. The maximum absolute atomic E-state index is 12.0. The van der Waals surface area contributed by atoms with E-state index in [1.54, 1.807) is 0 Å². The van der Waals surface area contributed by atoms with E-state index in [9.17, 15) is 13.2 Å². The second kappa shape index (κ2) is 4.06. The van der Waals surface area contributed by atoms with E-state index >= 15 is 0 Å². The van der Waals surface area contributed by atoms with E-state index in [0.717, 1.165) is 19.3 Å². The average Bonchev–Trinajstić information content (AvgIpc) is 2.64. The monoisotopic (exact) mass is 210 g/mol. The van der Waals surface area contributed by atoms with Crippen LogP contribution in [0.5, 0.6) is 0 Å². The predicted molar refractivity (Wildman–Crippen MR) is 48.9 cm³/mol. The summed E-state index contributed by atoms with van der Waals surface area (Å²) >= 11 is 0. The van der Waals surface area contributed by atoms with E-state index in [0.29, 0.717) is 13.1 Å². The number of halogens is 3. The van der Waals surface area contributed by atoms with Crippen LogP contribution in [0.15, 0.2) is 0 Å². The number of nitrogens with zero attached hydrogens (tertiary/aromatic N) is 1. The number of rotatable bonds is 5. The molecule has 2 N–H and O–H groups in total. The molecule has 5 heteroatoms. The van der Waals surface area contributed by atoms with E-state index in [4.69, 9.17) is 5.73 Å². The maximum Gasteiger partial charge on any atom is 0.401 e. The standard InChI is InChI=1S/C9H17F3N2/c1-14(7-9(10,11)12)6-8(2-3-8)4-5-13/h2-7,13H2,1H3. The zero-order valence-corrected chi connectivity index (χ0v) is 8.40. The fourth-order valence-corrected chi connectivity index (χ4v) is 1.90. The minimum atomic E-state index is -4.09. The van der Waals surface area contributed by atoms with Crippen LogP contribution >= 0.6 is 0 Å². The Bertz CT molecular complexity index is 187. The first-order valence-electron chi connectivity index (χ1n) is 4.82. The molecular weight excluding hydrogens is 193 g/mol. The number of nitrogens with two attached hydrogens (primary N) is 1. The minimum absolute atomic E-state index is 0.0920. The van der Waals surface area contributed by atoms with Gasteiger partial charge in [0.2, 0.25) is 0 Å². The summed E-state index contributed by atoms with van der Waals surface area (Å²) in [5.74, 6) is 0. The van der Waals surface area contributed by atoms with Gasteiger partial charge in [-0.3, -0.25) is 4.90 Å². The van der Waals surface area contributed by atoms with Gasteiger partial charge in [-0.1, -0.05) is 0 Å². The molecule has 14 heavy (non-hydrogen) atoms. The fourth-order valence-electron chi connectivity index (χ4n) is 1.90. The molecule has 0 spiro atoms. The molecule has 0 amide bonds. The summed E-state index contributed by atoms with van der Waals surface area (Å²) in [5.41, 5.74) is 5.51. The van der Waals surface area contributed by atoms with Crippen LogP contribution in [0.1, 0.15) is 19.3 Å². The van der Waals surface area contributed by atoms with Crippen LogP contribution in [-0.2, 0) is 0 Å². The summed E-state index contributed by atoms with van der Waals surface area (Å²) in [6.45, 7) is 0.267. The van der Waals surface area contributed by atoms with E-state index in [-0.39, 0.29) is 5.41 Å². The van der Waals surface area contributed by atoms with Crippen molar-refractivity contribution in [3.05, 3.63) is 0 Å². The molecule has 0 radical (unpaired) electrons. The molecule has 0 aromatic carbocycles. The Labute approximate surface area is 82.2 Å². The lowest BCUT2D eigenvalue weighted by Gasteiger charge is -2.24. The van der Waals surface area contributed by atoms with Gasteiger partial charge >= 0.3 is 6.18 Å². The summed E-state index contributed by atoms with van der Waals surface area (Å²) in [5, 5.41) is 0. The second-order valence-electron chi connectivity index (χ2n) is 4.33. The molecule has 1 rings (SSSR count). The average molecular weight is 210 g/mol. The third-order valence-corrected chi connectivity index (χ3v) is 2.69. The summed E-state index contributed by atoms with van der Waals surface area (Å²) in [7, 11) is 1.52. The fraction of sp³-hybridized carbons (Fsp3) is 1.00. The Kier molecular flexibility index (Phi) is 3.42. The van der Waals surface area contributed by atoms with Crippen molar-refractivity contribution in [1.82, 2.24) is 4.90 Å². The van der Waals surface area contributed by atoms with Gasteiger partial charge in [0.1, 0.15) is 0 Å². The van der Waals surface area contributed by atoms with Crippen LogP contribution in [0.4, 0.5) is 13.2 Å². The molecule has 2 nitrogen and oxygen atoms in total. The summed E-state index contributed by atoms with van der Waals surface area (Å²) in [6.07, 6.45) is -1.21. The van der Waals surface area contributed by atoms with Crippen molar-refractivity contribution in [2.24, 2.45) is 11.1 Å². The smallest absolute Gasteiger partial charge is 0.330 e. The second-order valence-corrected chi connectivity index (χ2v) is 4.33. The number of hydrogen-bond acceptors (Lipinski definition) is 2. The van der Waals surface area contributed by atoms with Crippen LogP contribution < -0.4 is 5.73 Å². The molecule has 84 valence electrons. The van der Waals surface area contributed by atoms with Gasteiger partial charge in [0.05, 0.1) is 6.54 Å². The molecule has 0 bridgehead atoms. The molecule has 1 aliphatic rings. The Balaban J connectivity index is 2.30. The SMILES string of the molecule is CN(CC(F)(F)F)CC1(CCN)CC1. The Hall–Kier alpha value is -0.290. The van der Waals surface area contributed by atoms with E-state index in [2.05, 4.69) is 0 Å². The number of alkyl halides is 3. The molecule has 1 aliphatic carbocycles. The lowest BCUT2D eigenvalue weighted by molar-refractivity contribution is -0.144. The minimum Gasteiger partial charge on any atom is -0.330 e. The maximum atomic E-state index is 12.0. The topological polar surface area (TPSA) is 29.3 Å². The summed E-state index contributed by atoms with van der Waals surface area (Å²) < 4.78 is 36.1. The van der Waals surface area contributed by atoms with Crippen molar-refractivity contribution in [2.75, 3.05) is 26.7 Å². The Morgan fingerprint density at radius 3 is 2.29 bits per heavy atom. The molecular formula is C9H17F3N2. The molecule has 1 fully saturated rings. The van der Waals surface area contributed by atoms with E-state index < -0.39 is 12.7 Å². The first-order chi connectivity index (χ1) is 6.37. The van der Waals surface area contributed by atoms with Crippen molar-refractivity contribution in [1.29, 1.82) is 0 Å². The first-order valence-corrected chi connectivity index (χ1v) is 4.82. The van der Waals surface area contributed by atoms with Crippen LogP contribution in [0.2, 0.25) is 0 Å². The molecule has 0 atom stereocenters. The zero-order valence-electron chi connectivity index (χ0n) is 8.40. The van der Waals surface area contributed by atoms with Gasteiger partial charge in [-0.2, -0.15) is 13.2 Å². The number of hydrogen-bond donors (Lipinski definition) is 1. The largest absolute Gasteiger partial charge is 0.401 e. The summed E-state index contributed by atoms with van der Waals surface area (Å²) in [4.78, 5) is 1.35. The van der Waals surface area contributed by atoms with Crippen LogP contribution in [0.25, 0.3) is 0 Å². The third kappa shape index (κ3) is 3.84. The van der Waals surface area contributed by atoms with Gasteiger partial charge in [0.25, 0.3) is 0 Å².